The summed E-state index contributed by atoms with van der Waals surface area (Å²) in [6, 6.07) is 0.218. The van der Waals surface area contributed by atoms with Gasteiger partial charge < -0.3 is 15.0 Å². The van der Waals surface area contributed by atoms with Crippen LogP contribution in [0.1, 0.15) is 25.7 Å². The summed E-state index contributed by atoms with van der Waals surface area (Å²) in [5.41, 5.74) is 2.14. The number of hydrogen-bond acceptors (Lipinski definition) is 5. The lowest BCUT2D eigenvalue weighted by atomic mass is 9.92. The minimum Gasteiger partial charge on any atom is -0.378 e. The molecule has 2 aliphatic carbocycles. The Balaban J connectivity index is 1.39. The number of hydrogen-bond donors (Lipinski definition) is 3. The zero-order valence-corrected chi connectivity index (χ0v) is 17.5. The van der Waals surface area contributed by atoms with Gasteiger partial charge in [-0.2, -0.15) is 5.10 Å². The lowest BCUT2D eigenvalue weighted by Crippen LogP contribution is -2.27. The summed E-state index contributed by atoms with van der Waals surface area (Å²) < 4.78 is 30.0. The third-order valence-corrected chi connectivity index (χ3v) is 6.50. The van der Waals surface area contributed by atoms with Crippen molar-refractivity contribution in [2.45, 2.75) is 37.9 Å². The van der Waals surface area contributed by atoms with Crippen molar-refractivity contribution in [2.75, 3.05) is 10.6 Å². The van der Waals surface area contributed by atoms with Gasteiger partial charge in [-0.15, -0.1) is 0 Å². The van der Waals surface area contributed by atoms with E-state index in [9.17, 15) is 9.18 Å². The smallest absolute Gasteiger partial charge is 0.231 e. The highest BCUT2D eigenvalue weighted by molar-refractivity contribution is 6.35. The molecule has 4 aromatic rings. The number of nitrogens with one attached hydrogen (secondary N) is 3. The Morgan fingerprint density at radius 3 is 2.81 bits per heavy atom. The minimum absolute atomic E-state index is 0.0519. The molecule has 2 saturated carbocycles. The Hall–Kier alpha value is -3.27. The summed E-state index contributed by atoms with van der Waals surface area (Å²) >= 11 is 6.48. The maximum Gasteiger partial charge on any atom is 0.231 e. The van der Waals surface area contributed by atoms with E-state index < -0.39 is 23.8 Å². The van der Waals surface area contributed by atoms with Crippen LogP contribution in [0, 0.1) is 11.7 Å². The molecular formula is C21H18ClF2N7O. The van der Waals surface area contributed by atoms with Crippen molar-refractivity contribution in [1.29, 1.82) is 0 Å². The number of anilines is 2. The fourth-order valence-electron chi connectivity index (χ4n) is 4.00. The highest BCUT2D eigenvalue weighted by Crippen LogP contribution is 2.42. The summed E-state index contributed by atoms with van der Waals surface area (Å²) in [5.74, 6) is -1.28. The summed E-state index contributed by atoms with van der Waals surface area (Å²) in [5, 5.41) is 13.4. The molecular weight excluding hydrogens is 440 g/mol. The average molecular weight is 458 g/mol. The van der Waals surface area contributed by atoms with E-state index >= 15 is 4.39 Å². The molecule has 1 amide bonds. The van der Waals surface area contributed by atoms with Gasteiger partial charge in [-0.3, -0.25) is 14.9 Å². The van der Waals surface area contributed by atoms with Gasteiger partial charge in [0, 0.05) is 23.2 Å². The fourth-order valence-corrected chi connectivity index (χ4v) is 4.29. The Kier molecular flexibility index (Phi) is 4.32. The summed E-state index contributed by atoms with van der Waals surface area (Å²) in [6.45, 7) is 0. The topological polar surface area (TPSA) is 100 Å². The minimum atomic E-state index is -1.09. The number of benzene rings is 1. The molecule has 0 bridgehead atoms. The number of aromatic nitrogens is 5. The van der Waals surface area contributed by atoms with Crippen LogP contribution in [0.5, 0.6) is 0 Å². The number of halogens is 3. The molecule has 8 nitrogen and oxygen atoms in total. The molecule has 0 radical (unpaired) electrons. The number of amides is 1. The van der Waals surface area contributed by atoms with Gasteiger partial charge in [0.05, 0.1) is 46.4 Å². The van der Waals surface area contributed by atoms with Crippen LogP contribution in [0.25, 0.3) is 27.8 Å². The van der Waals surface area contributed by atoms with E-state index in [1.54, 1.807) is 23.0 Å². The van der Waals surface area contributed by atoms with Crippen LogP contribution in [-0.4, -0.2) is 42.7 Å². The van der Waals surface area contributed by atoms with Crippen molar-refractivity contribution in [3.05, 3.63) is 35.6 Å². The molecule has 6 rings (SSSR count). The monoisotopic (exact) mass is 457 g/mol. The van der Waals surface area contributed by atoms with Gasteiger partial charge in [0.1, 0.15) is 6.17 Å². The van der Waals surface area contributed by atoms with Gasteiger partial charge in [0.2, 0.25) is 5.91 Å². The van der Waals surface area contributed by atoms with E-state index in [1.165, 1.54) is 6.20 Å². The first-order valence-electron chi connectivity index (χ1n) is 10.4. The van der Waals surface area contributed by atoms with E-state index in [0.29, 0.717) is 39.3 Å². The van der Waals surface area contributed by atoms with Crippen molar-refractivity contribution in [1.82, 2.24) is 24.6 Å². The number of aromatic amines is 1. The molecule has 0 spiro atoms. The van der Waals surface area contributed by atoms with Crippen LogP contribution in [0.3, 0.4) is 0 Å². The summed E-state index contributed by atoms with van der Waals surface area (Å²) in [6.07, 6.45) is 8.58. The van der Waals surface area contributed by atoms with E-state index in [1.807, 2.05) is 0 Å². The molecule has 0 saturated heterocycles. The second-order valence-corrected chi connectivity index (χ2v) is 8.70. The average Bonchev–Trinajstić information content (AvgIpc) is 3.10. The first-order chi connectivity index (χ1) is 15.5. The largest absolute Gasteiger partial charge is 0.378 e. The van der Waals surface area contributed by atoms with Crippen molar-refractivity contribution in [3.8, 4) is 11.3 Å². The third-order valence-electron chi connectivity index (χ3n) is 6.14. The standard InChI is InChI=1S/C21H18ClF2N7O/c22-17-16(11-5-26-30-19(11)20(18(17)24)27-9-2-1-3-9)13-7-31-8-14(28-15(31)6-25-13)29-21(32)10-4-12(10)23/h5-10,12,27H,1-4H2,(H,26,30)(H,29,32). The van der Waals surface area contributed by atoms with Gasteiger partial charge in [0.15, 0.2) is 17.3 Å². The Labute approximate surface area is 185 Å². The van der Waals surface area contributed by atoms with E-state index in [4.69, 9.17) is 11.6 Å². The number of fused-ring (bicyclic) bond motifs is 2. The Morgan fingerprint density at radius 2 is 2.09 bits per heavy atom. The quantitative estimate of drug-likeness (QED) is 0.414. The number of H-pyrrole nitrogens is 1. The lowest BCUT2D eigenvalue weighted by Gasteiger charge is -2.28. The van der Waals surface area contributed by atoms with Crippen LogP contribution in [0.15, 0.2) is 24.8 Å². The van der Waals surface area contributed by atoms with Gasteiger partial charge in [0.25, 0.3) is 0 Å². The van der Waals surface area contributed by atoms with Gasteiger partial charge >= 0.3 is 0 Å². The van der Waals surface area contributed by atoms with Crippen molar-refractivity contribution in [2.24, 2.45) is 5.92 Å². The second-order valence-electron chi connectivity index (χ2n) is 8.32. The molecule has 3 N–H and O–H groups in total. The molecule has 32 heavy (non-hydrogen) atoms. The highest BCUT2D eigenvalue weighted by atomic mass is 35.5. The molecule has 0 aliphatic heterocycles. The normalized spacial score (nSPS) is 20.5. The van der Waals surface area contributed by atoms with E-state index in [-0.39, 0.29) is 17.5 Å². The molecule has 2 aliphatic rings. The number of rotatable bonds is 5. The number of alkyl halides is 1. The highest BCUT2D eigenvalue weighted by Gasteiger charge is 2.43. The van der Waals surface area contributed by atoms with Crippen LogP contribution < -0.4 is 10.6 Å². The van der Waals surface area contributed by atoms with Gasteiger partial charge in [-0.25, -0.2) is 13.8 Å². The summed E-state index contributed by atoms with van der Waals surface area (Å²) in [4.78, 5) is 20.7. The summed E-state index contributed by atoms with van der Waals surface area (Å²) in [7, 11) is 0. The van der Waals surface area contributed by atoms with Gasteiger partial charge in [-0.05, 0) is 25.7 Å². The molecule has 164 valence electrons. The van der Waals surface area contributed by atoms with Crippen LogP contribution in [-0.2, 0) is 4.79 Å². The van der Waals surface area contributed by atoms with E-state index in [0.717, 1.165) is 19.3 Å². The first kappa shape index (κ1) is 19.4. The van der Waals surface area contributed by atoms with Crippen LogP contribution >= 0.6 is 11.6 Å². The van der Waals surface area contributed by atoms with Gasteiger partial charge in [-0.1, -0.05) is 11.6 Å². The predicted octanol–water partition coefficient (Wildman–Crippen LogP) is 4.33. The molecule has 3 aromatic heterocycles. The maximum atomic E-state index is 15.3. The van der Waals surface area contributed by atoms with Crippen molar-refractivity contribution < 1.29 is 13.6 Å². The zero-order chi connectivity index (χ0) is 22.0. The molecule has 1 aromatic carbocycles. The first-order valence-corrected chi connectivity index (χ1v) is 10.8. The maximum absolute atomic E-state index is 15.3. The predicted molar refractivity (Wildman–Crippen MR) is 116 cm³/mol. The van der Waals surface area contributed by atoms with Crippen molar-refractivity contribution >= 4 is 45.6 Å². The molecule has 2 fully saturated rings. The fraction of sp³-hybridized carbons (Fsp3) is 0.333. The zero-order valence-electron chi connectivity index (χ0n) is 16.7. The van der Waals surface area contributed by atoms with Crippen LogP contribution in [0.2, 0.25) is 5.02 Å². The third kappa shape index (κ3) is 3.09. The molecule has 2 atom stereocenters. The van der Waals surface area contributed by atoms with E-state index in [2.05, 4.69) is 30.8 Å². The molecule has 2 unspecified atom stereocenters. The lowest BCUT2D eigenvalue weighted by molar-refractivity contribution is -0.117. The number of imidazole rings is 1. The molecule has 11 heteroatoms. The number of carbonyl (C=O) groups is 1. The Morgan fingerprint density at radius 1 is 1.28 bits per heavy atom. The van der Waals surface area contributed by atoms with Crippen molar-refractivity contribution in [3.63, 3.8) is 0 Å². The molecule has 3 heterocycles. The number of nitrogens with zero attached hydrogens (tertiary/aromatic N) is 4. The Bertz CT molecular complexity index is 1380. The number of carbonyl (C=O) groups excluding carboxylic acids is 1. The SMILES string of the molecule is O=C(Nc1cn2cc(-c3c(Cl)c(F)c(NC4CCC4)c4[nH]ncc34)ncc2n1)C1CC1F. The second kappa shape index (κ2) is 7.13. The van der Waals surface area contributed by atoms with Crippen LogP contribution in [0.4, 0.5) is 20.3 Å².